The maximum Gasteiger partial charge on any atom is 0.0107 e. The summed E-state index contributed by atoms with van der Waals surface area (Å²) in [4.78, 5) is 2.65. The Morgan fingerprint density at radius 1 is 1.12 bits per heavy atom. The molecule has 0 amide bonds. The highest BCUT2D eigenvalue weighted by atomic mass is 15.2. The molecule has 0 aromatic heterocycles. The van der Waals surface area contributed by atoms with Crippen molar-refractivity contribution in [3.05, 3.63) is 35.9 Å². The third-order valence-corrected chi connectivity index (χ3v) is 4.08. The van der Waals surface area contributed by atoms with Gasteiger partial charge in [0.15, 0.2) is 0 Å². The Hall–Kier alpha value is -0.860. The monoisotopic (exact) mass is 230 g/mol. The molecule has 1 heterocycles. The van der Waals surface area contributed by atoms with Crippen LogP contribution in [0.5, 0.6) is 0 Å². The largest absolute Gasteiger partial charge is 0.315 e. The Bertz CT molecular complexity index is 341. The van der Waals surface area contributed by atoms with Gasteiger partial charge in [0.25, 0.3) is 0 Å². The van der Waals surface area contributed by atoms with Crippen LogP contribution in [0.3, 0.4) is 0 Å². The van der Waals surface area contributed by atoms with Crippen LogP contribution in [0.25, 0.3) is 0 Å². The predicted octanol–water partition coefficient (Wildman–Crippen LogP) is 2.09. The molecule has 1 saturated heterocycles. The lowest BCUT2D eigenvalue weighted by Gasteiger charge is -2.19. The number of hydrogen-bond donors (Lipinski definition) is 1. The third-order valence-electron chi connectivity index (χ3n) is 4.08. The standard InChI is InChI=1S/C15H22N2/c1-2-5-13(6-3-1)15-11-14(15)12-17-9-4-7-16-8-10-17/h1-3,5-6,14-16H,4,7-12H2/t14-,15-/m0/s1. The van der Waals surface area contributed by atoms with Crippen LogP contribution in [0.2, 0.25) is 0 Å². The molecule has 2 aliphatic rings. The Kier molecular flexibility index (Phi) is 3.44. The molecule has 92 valence electrons. The Labute approximate surface area is 104 Å². The van der Waals surface area contributed by atoms with E-state index in [9.17, 15) is 0 Å². The van der Waals surface area contributed by atoms with Gasteiger partial charge >= 0.3 is 0 Å². The molecule has 1 aromatic carbocycles. The zero-order valence-electron chi connectivity index (χ0n) is 10.4. The summed E-state index contributed by atoms with van der Waals surface area (Å²) in [7, 11) is 0. The fourth-order valence-corrected chi connectivity index (χ4v) is 2.97. The number of rotatable bonds is 3. The number of benzene rings is 1. The van der Waals surface area contributed by atoms with Gasteiger partial charge in [0.1, 0.15) is 0 Å². The third kappa shape index (κ3) is 2.88. The quantitative estimate of drug-likeness (QED) is 0.855. The number of nitrogens with zero attached hydrogens (tertiary/aromatic N) is 1. The molecule has 1 aliphatic heterocycles. The van der Waals surface area contributed by atoms with Gasteiger partial charge in [-0.1, -0.05) is 30.3 Å². The highest BCUT2D eigenvalue weighted by molar-refractivity contribution is 5.25. The second-order valence-corrected chi connectivity index (χ2v) is 5.42. The summed E-state index contributed by atoms with van der Waals surface area (Å²) in [5.41, 5.74) is 1.55. The molecule has 2 atom stereocenters. The van der Waals surface area contributed by atoms with Crippen molar-refractivity contribution in [2.45, 2.75) is 18.8 Å². The summed E-state index contributed by atoms with van der Waals surface area (Å²) < 4.78 is 0. The summed E-state index contributed by atoms with van der Waals surface area (Å²) in [6, 6.07) is 11.0. The van der Waals surface area contributed by atoms with Gasteiger partial charge in [-0.3, -0.25) is 0 Å². The summed E-state index contributed by atoms with van der Waals surface area (Å²) in [5, 5.41) is 3.47. The van der Waals surface area contributed by atoms with Crippen LogP contribution in [0.4, 0.5) is 0 Å². The van der Waals surface area contributed by atoms with Crippen LogP contribution in [0.15, 0.2) is 30.3 Å². The molecule has 0 spiro atoms. The van der Waals surface area contributed by atoms with Crippen molar-refractivity contribution in [2.24, 2.45) is 5.92 Å². The van der Waals surface area contributed by atoms with Crippen LogP contribution in [-0.4, -0.2) is 37.6 Å². The first-order valence-electron chi connectivity index (χ1n) is 6.91. The van der Waals surface area contributed by atoms with Crippen LogP contribution < -0.4 is 5.32 Å². The Morgan fingerprint density at radius 3 is 2.88 bits per heavy atom. The molecular formula is C15H22N2. The van der Waals surface area contributed by atoms with Gasteiger partial charge in [-0.05, 0) is 43.3 Å². The van der Waals surface area contributed by atoms with E-state index < -0.39 is 0 Å². The van der Waals surface area contributed by atoms with E-state index >= 15 is 0 Å². The van der Waals surface area contributed by atoms with Crippen molar-refractivity contribution in [3.8, 4) is 0 Å². The second kappa shape index (κ2) is 5.19. The minimum atomic E-state index is 0.840. The molecule has 0 unspecified atom stereocenters. The molecule has 1 saturated carbocycles. The molecule has 2 nitrogen and oxygen atoms in total. The smallest absolute Gasteiger partial charge is 0.0107 e. The Balaban J connectivity index is 1.51. The van der Waals surface area contributed by atoms with Gasteiger partial charge < -0.3 is 10.2 Å². The van der Waals surface area contributed by atoms with E-state index in [0.29, 0.717) is 0 Å². The maximum atomic E-state index is 3.47. The van der Waals surface area contributed by atoms with Crippen LogP contribution in [-0.2, 0) is 0 Å². The second-order valence-electron chi connectivity index (χ2n) is 5.42. The first-order valence-corrected chi connectivity index (χ1v) is 6.91. The number of hydrogen-bond acceptors (Lipinski definition) is 2. The molecular weight excluding hydrogens is 208 g/mol. The lowest BCUT2D eigenvalue weighted by atomic mass is 10.1. The minimum Gasteiger partial charge on any atom is -0.315 e. The lowest BCUT2D eigenvalue weighted by molar-refractivity contribution is 0.279. The molecule has 1 N–H and O–H groups in total. The van der Waals surface area contributed by atoms with Gasteiger partial charge in [0.2, 0.25) is 0 Å². The highest BCUT2D eigenvalue weighted by Gasteiger charge is 2.38. The zero-order valence-corrected chi connectivity index (χ0v) is 10.4. The molecule has 0 radical (unpaired) electrons. The van der Waals surface area contributed by atoms with E-state index in [1.807, 2.05) is 0 Å². The van der Waals surface area contributed by atoms with E-state index in [-0.39, 0.29) is 0 Å². The lowest BCUT2D eigenvalue weighted by Crippen LogP contribution is -2.30. The van der Waals surface area contributed by atoms with Gasteiger partial charge in [-0.2, -0.15) is 0 Å². The SMILES string of the molecule is c1ccc([C@@H]2C[C@H]2CN2CCCNCC2)cc1. The topological polar surface area (TPSA) is 15.3 Å². The van der Waals surface area contributed by atoms with Crippen molar-refractivity contribution >= 4 is 0 Å². The molecule has 17 heavy (non-hydrogen) atoms. The van der Waals surface area contributed by atoms with Crippen molar-refractivity contribution in [1.29, 1.82) is 0 Å². The molecule has 0 bridgehead atoms. The summed E-state index contributed by atoms with van der Waals surface area (Å²) in [5.74, 6) is 1.75. The predicted molar refractivity (Wildman–Crippen MR) is 71.2 cm³/mol. The molecule has 2 fully saturated rings. The fourth-order valence-electron chi connectivity index (χ4n) is 2.97. The normalized spacial score (nSPS) is 29.9. The van der Waals surface area contributed by atoms with Crippen molar-refractivity contribution in [1.82, 2.24) is 10.2 Å². The maximum absolute atomic E-state index is 3.47. The van der Waals surface area contributed by atoms with Crippen molar-refractivity contribution in [3.63, 3.8) is 0 Å². The summed E-state index contributed by atoms with van der Waals surface area (Å²) >= 11 is 0. The molecule has 1 aliphatic carbocycles. The fraction of sp³-hybridized carbons (Fsp3) is 0.600. The van der Waals surface area contributed by atoms with E-state index in [4.69, 9.17) is 0 Å². The van der Waals surface area contributed by atoms with E-state index in [1.165, 1.54) is 45.6 Å². The number of nitrogens with one attached hydrogen (secondary N) is 1. The van der Waals surface area contributed by atoms with Crippen molar-refractivity contribution < 1.29 is 0 Å². The van der Waals surface area contributed by atoms with Gasteiger partial charge in [0, 0.05) is 19.6 Å². The first-order chi connectivity index (χ1) is 8.43. The van der Waals surface area contributed by atoms with E-state index in [0.717, 1.165) is 11.8 Å². The van der Waals surface area contributed by atoms with Crippen LogP contribution in [0, 0.1) is 5.92 Å². The minimum absolute atomic E-state index is 0.840. The van der Waals surface area contributed by atoms with Gasteiger partial charge in [0.05, 0.1) is 0 Å². The highest BCUT2D eigenvalue weighted by Crippen LogP contribution is 2.47. The Morgan fingerprint density at radius 2 is 2.00 bits per heavy atom. The zero-order chi connectivity index (χ0) is 11.5. The summed E-state index contributed by atoms with van der Waals surface area (Å²) in [6.07, 6.45) is 2.71. The average Bonchev–Trinajstić information content (AvgIpc) is 3.16. The molecule has 1 aromatic rings. The van der Waals surface area contributed by atoms with Gasteiger partial charge in [-0.25, -0.2) is 0 Å². The van der Waals surface area contributed by atoms with Gasteiger partial charge in [-0.15, -0.1) is 0 Å². The molecule has 3 rings (SSSR count). The van der Waals surface area contributed by atoms with E-state index in [1.54, 1.807) is 5.56 Å². The van der Waals surface area contributed by atoms with Crippen LogP contribution >= 0.6 is 0 Å². The van der Waals surface area contributed by atoms with Crippen molar-refractivity contribution in [2.75, 3.05) is 32.7 Å². The molecule has 2 heteroatoms. The first kappa shape index (κ1) is 11.2. The van der Waals surface area contributed by atoms with E-state index in [2.05, 4.69) is 40.5 Å². The van der Waals surface area contributed by atoms with Crippen LogP contribution in [0.1, 0.15) is 24.3 Å². The average molecular weight is 230 g/mol. The summed E-state index contributed by atoms with van der Waals surface area (Å²) in [6.45, 7) is 6.19.